The van der Waals surface area contributed by atoms with Gasteiger partial charge in [-0.2, -0.15) is 10.5 Å². The van der Waals surface area contributed by atoms with Crippen LogP contribution in [-0.2, 0) is 14.3 Å². The topological polar surface area (TPSA) is 176 Å². The highest BCUT2D eigenvalue weighted by Gasteiger charge is 2.41. The average molecular weight is 632 g/mol. The van der Waals surface area contributed by atoms with E-state index in [0.29, 0.717) is 22.4 Å². The third kappa shape index (κ3) is 6.29. The van der Waals surface area contributed by atoms with E-state index in [1.54, 1.807) is 36.4 Å². The van der Waals surface area contributed by atoms with Crippen molar-refractivity contribution in [1.29, 1.82) is 10.5 Å². The van der Waals surface area contributed by atoms with E-state index in [4.69, 9.17) is 15.2 Å². The van der Waals surface area contributed by atoms with Crippen LogP contribution in [0.4, 0.5) is 11.5 Å². The average Bonchev–Trinajstić information content (AvgIpc) is 3.35. The van der Waals surface area contributed by atoms with E-state index in [2.05, 4.69) is 11.1 Å². The maximum absolute atomic E-state index is 13.4. The third-order valence-electron chi connectivity index (χ3n) is 7.22. The second-order valence-electron chi connectivity index (χ2n) is 10.2. The van der Waals surface area contributed by atoms with E-state index in [0.717, 1.165) is 22.2 Å². The van der Waals surface area contributed by atoms with Gasteiger partial charge in [0.1, 0.15) is 34.3 Å². The number of anilines is 2. The normalized spacial score (nSPS) is 14.0. The molecule has 1 aliphatic heterocycles. The van der Waals surface area contributed by atoms with E-state index in [1.807, 2.05) is 25.1 Å². The smallest absolute Gasteiger partial charge is 0.338 e. The molecule has 1 fully saturated rings. The molecule has 0 saturated carbocycles. The molecule has 0 radical (unpaired) electrons. The number of imide groups is 1. The van der Waals surface area contributed by atoms with Crippen LogP contribution in [0, 0.1) is 29.6 Å². The SMILES string of the molecule is COc1ccc(C(=O)COC(=O)c2ccc(N3C(=O)CC(Sc4nc(N)c(C#N)c(-c5ccc(C)cc5)c4C#N)C3=O)cc2)cc1. The lowest BCUT2D eigenvalue weighted by molar-refractivity contribution is -0.121. The van der Waals surface area contributed by atoms with E-state index >= 15 is 0 Å². The number of ether oxygens (including phenoxy) is 2. The van der Waals surface area contributed by atoms with Crippen molar-refractivity contribution in [3.63, 3.8) is 0 Å². The molecule has 12 heteroatoms. The lowest BCUT2D eigenvalue weighted by Crippen LogP contribution is -2.31. The zero-order valence-corrected chi connectivity index (χ0v) is 25.5. The van der Waals surface area contributed by atoms with Gasteiger partial charge in [0.25, 0.3) is 0 Å². The Hall–Kier alpha value is -5.98. The van der Waals surface area contributed by atoms with Crippen molar-refractivity contribution in [2.75, 3.05) is 24.4 Å². The Morgan fingerprint density at radius 1 is 0.957 bits per heavy atom. The molecule has 0 spiro atoms. The number of carbonyl (C=O) groups excluding carboxylic acids is 4. The maximum Gasteiger partial charge on any atom is 0.338 e. The van der Waals surface area contributed by atoms with E-state index in [9.17, 15) is 29.7 Å². The molecular weight excluding hydrogens is 606 g/mol. The lowest BCUT2D eigenvalue weighted by Gasteiger charge is -2.16. The van der Waals surface area contributed by atoms with Crippen LogP contribution in [0.1, 0.15) is 43.8 Å². The standard InChI is InChI=1S/C34H25N5O6S/c1-19-3-5-21(6-4-19)30-25(16-35)31(37)38-32(26(30)17-36)46-28-15-29(41)39(33(28)42)23-11-7-22(8-12-23)34(43)45-18-27(40)20-9-13-24(44-2)14-10-20/h3-14,28H,15,18H2,1-2H3,(H2,37,38). The van der Waals surface area contributed by atoms with Gasteiger partial charge in [-0.1, -0.05) is 41.6 Å². The predicted molar refractivity (Wildman–Crippen MR) is 169 cm³/mol. The number of rotatable bonds is 9. The van der Waals surface area contributed by atoms with Crippen molar-refractivity contribution in [3.05, 3.63) is 101 Å². The second kappa shape index (κ2) is 13.3. The van der Waals surface area contributed by atoms with Crippen molar-refractivity contribution in [2.24, 2.45) is 0 Å². The maximum atomic E-state index is 13.4. The van der Waals surface area contributed by atoms with Gasteiger partial charge in [0.2, 0.25) is 11.8 Å². The summed E-state index contributed by atoms with van der Waals surface area (Å²) in [5.41, 5.74) is 8.83. The largest absolute Gasteiger partial charge is 0.497 e. The number of thioether (sulfide) groups is 1. The lowest BCUT2D eigenvalue weighted by atomic mass is 9.96. The van der Waals surface area contributed by atoms with Crippen molar-refractivity contribution in [3.8, 4) is 29.0 Å². The van der Waals surface area contributed by atoms with Gasteiger partial charge in [0, 0.05) is 17.5 Å². The zero-order chi connectivity index (χ0) is 33.0. The Morgan fingerprint density at radius 3 is 2.20 bits per heavy atom. The van der Waals surface area contributed by atoms with Gasteiger partial charge in [-0.3, -0.25) is 14.4 Å². The molecule has 1 atom stereocenters. The highest BCUT2D eigenvalue weighted by molar-refractivity contribution is 8.00. The summed E-state index contributed by atoms with van der Waals surface area (Å²) in [6.45, 7) is 1.43. The summed E-state index contributed by atoms with van der Waals surface area (Å²) in [6, 6.07) is 23.4. The first kappa shape index (κ1) is 31.4. The Balaban J connectivity index is 1.30. The van der Waals surface area contributed by atoms with Gasteiger partial charge >= 0.3 is 5.97 Å². The fraction of sp³-hybridized carbons (Fsp3) is 0.147. The molecule has 3 aromatic carbocycles. The number of ketones is 1. The molecule has 46 heavy (non-hydrogen) atoms. The number of carbonyl (C=O) groups is 4. The number of nitrogen functional groups attached to an aromatic ring is 1. The van der Waals surface area contributed by atoms with Crippen LogP contribution in [0.15, 0.2) is 77.8 Å². The van der Waals surface area contributed by atoms with Crippen molar-refractivity contribution in [2.45, 2.75) is 23.6 Å². The van der Waals surface area contributed by atoms with Crippen LogP contribution in [0.3, 0.4) is 0 Å². The van der Waals surface area contributed by atoms with Crippen LogP contribution in [-0.4, -0.2) is 47.5 Å². The highest BCUT2D eigenvalue weighted by atomic mass is 32.2. The number of amides is 2. The molecule has 1 saturated heterocycles. The first-order valence-electron chi connectivity index (χ1n) is 13.8. The number of aromatic nitrogens is 1. The first-order chi connectivity index (χ1) is 22.1. The van der Waals surface area contributed by atoms with E-state index in [1.165, 1.54) is 31.4 Å². The van der Waals surface area contributed by atoms with Crippen LogP contribution in [0.5, 0.6) is 5.75 Å². The van der Waals surface area contributed by atoms with Crippen LogP contribution >= 0.6 is 11.8 Å². The first-order valence-corrected chi connectivity index (χ1v) is 14.7. The van der Waals surface area contributed by atoms with E-state index in [-0.39, 0.29) is 39.6 Å². The molecule has 0 aliphatic carbocycles. The molecule has 0 bridgehead atoms. The fourth-order valence-electron chi connectivity index (χ4n) is 4.82. The molecule has 1 aliphatic rings. The minimum absolute atomic E-state index is 0.0453. The number of pyridine rings is 1. The minimum atomic E-state index is -0.918. The van der Waals surface area contributed by atoms with Crippen LogP contribution < -0.4 is 15.4 Å². The predicted octanol–water partition coefficient (Wildman–Crippen LogP) is 4.86. The molecule has 1 aromatic heterocycles. The molecule has 5 rings (SSSR count). The van der Waals surface area contributed by atoms with Gasteiger partial charge < -0.3 is 15.2 Å². The molecule has 4 aromatic rings. The molecule has 2 heterocycles. The molecule has 2 N–H and O–H groups in total. The van der Waals surface area contributed by atoms with Crippen molar-refractivity contribution >= 4 is 46.8 Å². The van der Waals surface area contributed by atoms with Crippen LogP contribution in [0.25, 0.3) is 11.1 Å². The number of nitrogens with zero attached hydrogens (tertiary/aromatic N) is 4. The molecule has 11 nitrogen and oxygen atoms in total. The van der Waals surface area contributed by atoms with Gasteiger partial charge in [0.05, 0.1) is 29.2 Å². The Morgan fingerprint density at radius 2 is 1.59 bits per heavy atom. The monoisotopic (exact) mass is 631 g/mol. The number of nitriles is 2. The molecule has 228 valence electrons. The number of benzene rings is 3. The molecule has 1 unspecified atom stereocenters. The number of esters is 1. The van der Waals surface area contributed by atoms with Crippen molar-refractivity contribution in [1.82, 2.24) is 4.98 Å². The van der Waals surface area contributed by atoms with Gasteiger partial charge in [-0.05, 0) is 61.0 Å². The fourth-order valence-corrected chi connectivity index (χ4v) is 5.93. The van der Waals surface area contributed by atoms with Crippen molar-refractivity contribution < 1.29 is 28.7 Å². The number of hydrogen-bond donors (Lipinski definition) is 1. The minimum Gasteiger partial charge on any atom is -0.497 e. The number of hydrogen-bond acceptors (Lipinski definition) is 11. The summed E-state index contributed by atoms with van der Waals surface area (Å²) in [6.07, 6.45) is -0.174. The second-order valence-corrected chi connectivity index (χ2v) is 11.4. The van der Waals surface area contributed by atoms with E-state index < -0.39 is 35.4 Å². The van der Waals surface area contributed by atoms with Gasteiger partial charge in [-0.15, -0.1) is 0 Å². The number of Topliss-reactive ketones (excluding diaryl/α,β-unsaturated/α-hetero) is 1. The summed E-state index contributed by atoms with van der Waals surface area (Å²) in [5.74, 6) is -1.68. The molecule has 2 amide bonds. The Labute approximate surface area is 268 Å². The zero-order valence-electron chi connectivity index (χ0n) is 24.6. The van der Waals surface area contributed by atoms with Gasteiger partial charge in [0.15, 0.2) is 12.4 Å². The van der Waals surface area contributed by atoms with Gasteiger partial charge in [-0.25, -0.2) is 14.7 Å². The number of nitrogens with two attached hydrogens (primary N) is 1. The Bertz CT molecular complexity index is 1950. The summed E-state index contributed by atoms with van der Waals surface area (Å²) in [5, 5.41) is 19.1. The summed E-state index contributed by atoms with van der Waals surface area (Å²) in [7, 11) is 1.51. The summed E-state index contributed by atoms with van der Waals surface area (Å²) < 4.78 is 10.2. The highest BCUT2D eigenvalue weighted by Crippen LogP contribution is 2.40. The molecular formula is C34H25N5O6S. The quantitative estimate of drug-likeness (QED) is 0.152. The summed E-state index contributed by atoms with van der Waals surface area (Å²) in [4.78, 5) is 56.7. The number of methoxy groups -OCH3 is 1. The number of aryl methyl sites for hydroxylation is 1. The summed E-state index contributed by atoms with van der Waals surface area (Å²) >= 11 is 0.927. The Kier molecular flexibility index (Phi) is 9.12. The third-order valence-corrected chi connectivity index (χ3v) is 8.39. The van der Waals surface area contributed by atoms with Crippen LogP contribution in [0.2, 0.25) is 0 Å².